The van der Waals surface area contributed by atoms with E-state index in [9.17, 15) is 14.4 Å². The van der Waals surface area contributed by atoms with E-state index < -0.39 is 11.4 Å². The highest BCUT2D eigenvalue weighted by Gasteiger charge is 2.64. The Morgan fingerprint density at radius 2 is 1.85 bits per heavy atom. The summed E-state index contributed by atoms with van der Waals surface area (Å²) in [6.45, 7) is 7.16. The average molecular weight is 444 g/mol. The quantitative estimate of drug-likeness (QED) is 0.412. The monoisotopic (exact) mass is 444 g/mol. The Morgan fingerprint density at radius 3 is 2.64 bits per heavy atom. The minimum Gasteiger partial charge on any atom is -0.450 e. The summed E-state index contributed by atoms with van der Waals surface area (Å²) >= 11 is 0. The minimum atomic E-state index is -1.58. The molecule has 1 atom stereocenters. The zero-order valence-electron chi connectivity index (χ0n) is 18.4. The topological polar surface area (TPSA) is 80.1 Å². The van der Waals surface area contributed by atoms with Crippen molar-refractivity contribution in [1.82, 2.24) is 4.90 Å². The van der Waals surface area contributed by atoms with Crippen molar-refractivity contribution in [2.24, 2.45) is 0 Å². The Morgan fingerprint density at radius 1 is 1.09 bits per heavy atom. The summed E-state index contributed by atoms with van der Waals surface area (Å²) in [6.07, 6.45) is 2.15. The van der Waals surface area contributed by atoms with E-state index in [0.717, 1.165) is 0 Å². The average Bonchev–Trinajstić information content (AvgIpc) is 3.22. The van der Waals surface area contributed by atoms with Crippen LogP contribution in [0.5, 0.6) is 0 Å². The van der Waals surface area contributed by atoms with Crippen molar-refractivity contribution in [3.05, 3.63) is 88.3 Å². The van der Waals surface area contributed by atoms with Crippen molar-refractivity contribution in [3.8, 4) is 0 Å². The molecule has 3 heterocycles. The van der Waals surface area contributed by atoms with Gasteiger partial charge in [0.25, 0.3) is 11.8 Å². The molecule has 7 heteroatoms. The Hall–Kier alpha value is -3.71. The fraction of sp³-hybridized carbons (Fsp3) is 0.269. The summed E-state index contributed by atoms with van der Waals surface area (Å²) in [5.74, 6) is -0.888. The molecule has 0 saturated carbocycles. The first kappa shape index (κ1) is 21.2. The number of para-hydroxylation sites is 2. The molecule has 2 aliphatic rings. The van der Waals surface area contributed by atoms with Crippen LogP contribution in [0.25, 0.3) is 11.0 Å². The third-order valence-electron chi connectivity index (χ3n) is 6.33. The van der Waals surface area contributed by atoms with Crippen molar-refractivity contribution < 1.29 is 18.7 Å². The van der Waals surface area contributed by atoms with E-state index in [2.05, 4.69) is 6.58 Å². The van der Waals surface area contributed by atoms with Gasteiger partial charge in [-0.1, -0.05) is 36.4 Å². The second-order valence-electron chi connectivity index (χ2n) is 8.07. The molecule has 168 valence electrons. The van der Waals surface area contributed by atoms with Crippen molar-refractivity contribution in [2.75, 3.05) is 31.2 Å². The number of fused-ring (bicyclic) bond motifs is 5. The van der Waals surface area contributed by atoms with E-state index in [-0.39, 0.29) is 35.7 Å². The Labute approximate surface area is 190 Å². The lowest BCUT2D eigenvalue weighted by atomic mass is 9.84. The van der Waals surface area contributed by atoms with Gasteiger partial charge in [-0.25, -0.2) is 0 Å². The number of nitrogens with zero attached hydrogens (tertiary/aromatic N) is 2. The largest absolute Gasteiger partial charge is 0.450 e. The van der Waals surface area contributed by atoms with E-state index in [4.69, 9.17) is 9.15 Å². The molecule has 0 radical (unpaired) electrons. The molecule has 1 aromatic heterocycles. The van der Waals surface area contributed by atoms with Gasteiger partial charge in [-0.15, -0.1) is 6.58 Å². The molecule has 2 aliphatic heterocycles. The van der Waals surface area contributed by atoms with Crippen molar-refractivity contribution in [1.29, 1.82) is 0 Å². The third kappa shape index (κ3) is 2.82. The first-order chi connectivity index (χ1) is 16.1. The first-order valence-electron chi connectivity index (χ1n) is 11.1. The highest BCUT2D eigenvalue weighted by molar-refractivity contribution is 6.17. The first-order valence-corrected chi connectivity index (χ1v) is 11.1. The predicted octanol–water partition coefficient (Wildman–Crippen LogP) is 3.45. The van der Waals surface area contributed by atoms with Crippen LogP contribution in [-0.2, 0) is 15.1 Å². The lowest BCUT2D eigenvalue weighted by Gasteiger charge is -2.34. The number of carbonyl (C=O) groups excluding carboxylic acids is 2. The third-order valence-corrected chi connectivity index (χ3v) is 6.33. The van der Waals surface area contributed by atoms with E-state index in [1.54, 1.807) is 35.2 Å². The molecule has 0 fully saturated rings. The van der Waals surface area contributed by atoms with Gasteiger partial charge < -0.3 is 19.0 Å². The molecule has 0 saturated heterocycles. The van der Waals surface area contributed by atoms with Crippen LogP contribution in [0.2, 0.25) is 0 Å². The van der Waals surface area contributed by atoms with Crippen LogP contribution in [-0.4, -0.2) is 43.0 Å². The molecule has 1 unspecified atom stereocenters. The van der Waals surface area contributed by atoms with Crippen LogP contribution in [0, 0.1) is 0 Å². The molecule has 0 aliphatic carbocycles. The number of hydrogen-bond acceptors (Lipinski definition) is 5. The minimum absolute atomic E-state index is 0.0706. The second kappa shape index (κ2) is 8.01. The van der Waals surface area contributed by atoms with Crippen LogP contribution in [0.15, 0.2) is 70.4 Å². The van der Waals surface area contributed by atoms with Gasteiger partial charge in [0, 0.05) is 31.9 Å². The Bertz CT molecular complexity index is 1340. The standard InChI is InChI=1S/C26H24N2O5/c1-3-14-27-19-12-7-6-11-18(19)26(25(27)31)21-22(29)17-10-5-8-13-20(17)33-23(21)24(30)28(26)15-9-16-32-4-2/h3,5-8,10-13H,1,4,9,14-16H2,2H3. The van der Waals surface area contributed by atoms with Crippen molar-refractivity contribution in [3.63, 3.8) is 0 Å². The van der Waals surface area contributed by atoms with E-state index in [0.29, 0.717) is 41.9 Å². The van der Waals surface area contributed by atoms with Crippen molar-refractivity contribution in [2.45, 2.75) is 18.9 Å². The SMILES string of the molecule is C=CCN1C(=O)C2(c3ccccc31)c1c(oc3ccccc3c1=O)C(=O)N2CCCOCC. The summed E-state index contributed by atoms with van der Waals surface area (Å²) in [7, 11) is 0. The number of benzene rings is 2. The number of anilines is 1. The number of rotatable bonds is 7. The molecule has 7 nitrogen and oxygen atoms in total. The van der Waals surface area contributed by atoms with Gasteiger partial charge in [0.15, 0.2) is 11.0 Å². The zero-order valence-corrected chi connectivity index (χ0v) is 18.4. The van der Waals surface area contributed by atoms with Gasteiger partial charge in [-0.05, 0) is 31.5 Å². The molecule has 3 aromatic rings. The fourth-order valence-electron chi connectivity index (χ4n) is 5.02. The molecule has 2 aromatic carbocycles. The van der Waals surface area contributed by atoms with Crippen LogP contribution in [0.4, 0.5) is 5.69 Å². The van der Waals surface area contributed by atoms with Crippen LogP contribution < -0.4 is 10.3 Å². The van der Waals surface area contributed by atoms with Gasteiger partial charge in [0.1, 0.15) is 5.58 Å². The summed E-state index contributed by atoms with van der Waals surface area (Å²) in [4.78, 5) is 44.7. The molecule has 0 N–H and O–H groups in total. The molecular formula is C26H24N2O5. The molecule has 1 spiro atoms. The highest BCUT2D eigenvalue weighted by atomic mass is 16.5. The van der Waals surface area contributed by atoms with E-state index in [1.165, 1.54) is 4.90 Å². The number of carbonyl (C=O) groups is 2. The van der Waals surface area contributed by atoms with Crippen LogP contribution >= 0.6 is 0 Å². The van der Waals surface area contributed by atoms with Crippen LogP contribution in [0.3, 0.4) is 0 Å². The number of ether oxygens (including phenoxy) is 1. The molecule has 2 amide bonds. The molecule has 5 rings (SSSR count). The molecule has 0 bridgehead atoms. The summed E-state index contributed by atoms with van der Waals surface area (Å²) in [6, 6.07) is 14.1. The van der Waals surface area contributed by atoms with E-state index in [1.807, 2.05) is 31.2 Å². The smallest absolute Gasteiger partial charge is 0.291 e. The van der Waals surface area contributed by atoms with Crippen LogP contribution in [0.1, 0.15) is 35.0 Å². The predicted molar refractivity (Wildman–Crippen MR) is 124 cm³/mol. The summed E-state index contributed by atoms with van der Waals surface area (Å²) in [5.41, 5.74) is -0.276. The van der Waals surface area contributed by atoms with Gasteiger partial charge in [0.2, 0.25) is 5.76 Å². The summed E-state index contributed by atoms with van der Waals surface area (Å²) < 4.78 is 11.5. The zero-order chi connectivity index (χ0) is 23.2. The van der Waals surface area contributed by atoms with E-state index >= 15 is 0 Å². The Kier molecular flexibility index (Phi) is 5.13. The lowest BCUT2D eigenvalue weighted by molar-refractivity contribution is -0.126. The van der Waals surface area contributed by atoms with Gasteiger partial charge in [0.05, 0.1) is 16.6 Å². The van der Waals surface area contributed by atoms with Gasteiger partial charge in [-0.3, -0.25) is 14.4 Å². The maximum atomic E-state index is 14.1. The molecule has 33 heavy (non-hydrogen) atoms. The fourth-order valence-corrected chi connectivity index (χ4v) is 5.02. The lowest BCUT2D eigenvalue weighted by Crippen LogP contribution is -2.53. The van der Waals surface area contributed by atoms with Gasteiger partial charge >= 0.3 is 0 Å². The second-order valence-corrected chi connectivity index (χ2v) is 8.07. The van der Waals surface area contributed by atoms with Crippen molar-refractivity contribution >= 4 is 28.5 Å². The number of amides is 2. The highest BCUT2D eigenvalue weighted by Crippen LogP contribution is 2.52. The maximum absolute atomic E-state index is 14.1. The number of hydrogen-bond donors (Lipinski definition) is 0. The Balaban J connectivity index is 1.81. The molecular weight excluding hydrogens is 420 g/mol. The summed E-state index contributed by atoms with van der Waals surface area (Å²) in [5, 5.41) is 0.340. The normalized spacial score (nSPS) is 18.9. The maximum Gasteiger partial charge on any atom is 0.291 e. The van der Waals surface area contributed by atoms with Gasteiger partial charge in [-0.2, -0.15) is 0 Å².